The lowest BCUT2D eigenvalue weighted by Crippen LogP contribution is -2.33. The molecule has 7 nitrogen and oxygen atoms in total. The lowest BCUT2D eigenvalue weighted by molar-refractivity contribution is -0.123. The number of thiazole rings is 1. The maximum Gasteiger partial charge on any atom is 0.405 e. The van der Waals surface area contributed by atoms with Crippen LogP contribution in [0.25, 0.3) is 11.1 Å². The first kappa shape index (κ1) is 25.3. The largest absolute Gasteiger partial charge is 0.405 e. The molecule has 4 rings (SSSR count). The third kappa shape index (κ3) is 6.06. The van der Waals surface area contributed by atoms with Crippen molar-refractivity contribution < 1.29 is 31.9 Å². The highest BCUT2D eigenvalue weighted by atomic mass is 32.1. The van der Waals surface area contributed by atoms with Crippen LogP contribution in [0.5, 0.6) is 0 Å². The van der Waals surface area contributed by atoms with Gasteiger partial charge < -0.3 is 10.6 Å². The standard InChI is InChI=1S/C24H20F4N4O3S/c1-12-17(9-14(10-19(12)25)21(34)31-15-3-4-15)16-5-2-13(20(33)30-11-24(26,27)28)8-18(16)22(35)32-23-29-6-7-36-23/h2,5-10,15H,3-4,11H2,1H3,(H,30,33)(H,31,34)(H,29,32,35). The van der Waals surface area contributed by atoms with Crippen LogP contribution in [0.15, 0.2) is 41.9 Å². The van der Waals surface area contributed by atoms with Crippen LogP contribution in [0.3, 0.4) is 0 Å². The number of amides is 3. The van der Waals surface area contributed by atoms with Crippen LogP contribution in [0, 0.1) is 12.7 Å². The SMILES string of the molecule is Cc1c(F)cc(C(=O)NC2CC2)cc1-c1ccc(C(=O)NCC(F)(F)F)cc1C(=O)Nc1nccs1. The minimum absolute atomic E-state index is 0.0412. The summed E-state index contributed by atoms with van der Waals surface area (Å²) in [5.41, 5.74) is 0.311. The lowest BCUT2D eigenvalue weighted by Gasteiger charge is -2.16. The van der Waals surface area contributed by atoms with Gasteiger partial charge in [-0.25, -0.2) is 9.37 Å². The van der Waals surface area contributed by atoms with Crippen molar-refractivity contribution in [1.29, 1.82) is 0 Å². The fourth-order valence-corrected chi connectivity index (χ4v) is 3.95. The van der Waals surface area contributed by atoms with Gasteiger partial charge in [0.2, 0.25) is 0 Å². The Morgan fingerprint density at radius 1 is 1.03 bits per heavy atom. The number of hydrogen-bond acceptors (Lipinski definition) is 5. The Balaban J connectivity index is 1.76. The number of alkyl halides is 3. The van der Waals surface area contributed by atoms with Crippen LogP contribution < -0.4 is 16.0 Å². The number of carbonyl (C=O) groups is 3. The molecule has 0 aliphatic heterocycles. The maximum atomic E-state index is 14.8. The Kier molecular flexibility index (Phi) is 7.07. The number of nitrogens with zero attached hydrogens (tertiary/aromatic N) is 1. The van der Waals surface area contributed by atoms with E-state index in [0.29, 0.717) is 0 Å². The Morgan fingerprint density at radius 3 is 2.42 bits per heavy atom. The van der Waals surface area contributed by atoms with Gasteiger partial charge in [-0.05, 0) is 60.7 Å². The molecule has 12 heteroatoms. The molecule has 0 spiro atoms. The summed E-state index contributed by atoms with van der Waals surface area (Å²) in [6.45, 7) is -0.0730. The van der Waals surface area contributed by atoms with Crippen LogP contribution in [0.2, 0.25) is 0 Å². The summed E-state index contributed by atoms with van der Waals surface area (Å²) in [5.74, 6) is -2.89. The molecule has 1 saturated carbocycles. The molecular weight excluding hydrogens is 500 g/mol. The molecule has 36 heavy (non-hydrogen) atoms. The van der Waals surface area contributed by atoms with Gasteiger partial charge in [-0.1, -0.05) is 6.07 Å². The highest BCUT2D eigenvalue weighted by Gasteiger charge is 2.29. The molecule has 3 amide bonds. The van der Waals surface area contributed by atoms with E-state index in [4.69, 9.17) is 0 Å². The van der Waals surface area contributed by atoms with E-state index >= 15 is 0 Å². The van der Waals surface area contributed by atoms with Gasteiger partial charge in [-0.2, -0.15) is 13.2 Å². The number of anilines is 1. The first-order valence-corrected chi connectivity index (χ1v) is 11.7. The Labute approximate surface area is 206 Å². The average Bonchev–Trinajstić information content (AvgIpc) is 3.49. The molecule has 3 aromatic rings. The van der Waals surface area contributed by atoms with Gasteiger partial charge in [0.25, 0.3) is 17.7 Å². The van der Waals surface area contributed by atoms with Gasteiger partial charge >= 0.3 is 6.18 Å². The second-order valence-corrected chi connectivity index (χ2v) is 9.12. The summed E-state index contributed by atoms with van der Waals surface area (Å²) < 4.78 is 52.5. The molecule has 0 bridgehead atoms. The summed E-state index contributed by atoms with van der Waals surface area (Å²) in [7, 11) is 0. The molecule has 0 radical (unpaired) electrons. The molecule has 1 fully saturated rings. The molecule has 0 unspecified atom stereocenters. The number of hydrogen-bond donors (Lipinski definition) is 3. The topological polar surface area (TPSA) is 100 Å². The normalized spacial score (nSPS) is 13.2. The van der Waals surface area contributed by atoms with Gasteiger partial charge in [0.1, 0.15) is 12.4 Å². The fourth-order valence-electron chi connectivity index (χ4n) is 3.43. The van der Waals surface area contributed by atoms with E-state index in [1.807, 2.05) is 0 Å². The predicted octanol–water partition coefficient (Wildman–Crippen LogP) is 4.69. The summed E-state index contributed by atoms with van der Waals surface area (Å²) in [5, 5.41) is 8.97. The van der Waals surface area contributed by atoms with E-state index in [2.05, 4.69) is 15.6 Å². The van der Waals surface area contributed by atoms with E-state index in [0.717, 1.165) is 36.3 Å². The second kappa shape index (κ2) is 10.1. The Hall–Kier alpha value is -3.80. The van der Waals surface area contributed by atoms with E-state index in [9.17, 15) is 31.9 Å². The van der Waals surface area contributed by atoms with E-state index in [1.165, 1.54) is 31.3 Å². The fraction of sp³-hybridized carbons (Fsp3) is 0.250. The van der Waals surface area contributed by atoms with Crippen LogP contribution >= 0.6 is 11.3 Å². The number of carbonyl (C=O) groups excluding carboxylic acids is 3. The molecule has 1 heterocycles. The lowest BCUT2D eigenvalue weighted by atomic mass is 9.92. The van der Waals surface area contributed by atoms with Crippen LogP contribution in [0.4, 0.5) is 22.7 Å². The molecule has 1 aliphatic rings. The molecule has 188 valence electrons. The number of halogens is 4. The molecule has 0 atom stereocenters. The molecule has 0 saturated heterocycles. The van der Waals surface area contributed by atoms with Crippen molar-refractivity contribution in [3.63, 3.8) is 0 Å². The minimum atomic E-state index is -4.61. The number of nitrogens with one attached hydrogen (secondary N) is 3. The molecule has 1 aliphatic carbocycles. The van der Waals surface area contributed by atoms with E-state index < -0.39 is 36.3 Å². The van der Waals surface area contributed by atoms with E-state index in [1.54, 1.807) is 10.7 Å². The quantitative estimate of drug-likeness (QED) is 0.394. The number of benzene rings is 2. The predicted molar refractivity (Wildman–Crippen MR) is 126 cm³/mol. The zero-order chi connectivity index (χ0) is 26.0. The van der Waals surface area contributed by atoms with Gasteiger partial charge in [-0.3, -0.25) is 19.7 Å². The third-order valence-electron chi connectivity index (χ3n) is 5.44. The number of aromatic nitrogens is 1. The van der Waals surface area contributed by atoms with Crippen molar-refractivity contribution in [2.24, 2.45) is 0 Å². The van der Waals surface area contributed by atoms with Crippen molar-refractivity contribution in [2.45, 2.75) is 32.0 Å². The Morgan fingerprint density at radius 2 is 1.78 bits per heavy atom. The molecule has 1 aromatic heterocycles. The second-order valence-electron chi connectivity index (χ2n) is 8.23. The van der Waals surface area contributed by atoms with Gasteiger partial charge in [0.05, 0.1) is 0 Å². The highest BCUT2D eigenvalue weighted by Crippen LogP contribution is 2.32. The maximum absolute atomic E-state index is 14.8. The third-order valence-corrected chi connectivity index (χ3v) is 6.13. The number of rotatable bonds is 7. The van der Waals surface area contributed by atoms with Crippen LogP contribution in [0.1, 0.15) is 49.5 Å². The van der Waals surface area contributed by atoms with Gasteiger partial charge in [0, 0.05) is 34.3 Å². The highest BCUT2D eigenvalue weighted by molar-refractivity contribution is 7.13. The van der Waals surface area contributed by atoms with E-state index in [-0.39, 0.29) is 44.6 Å². The Bertz CT molecular complexity index is 1320. The monoisotopic (exact) mass is 520 g/mol. The van der Waals surface area contributed by atoms with Crippen LogP contribution in [-0.4, -0.2) is 41.5 Å². The summed E-state index contributed by atoms with van der Waals surface area (Å²) in [4.78, 5) is 42.0. The summed E-state index contributed by atoms with van der Waals surface area (Å²) in [6.07, 6.45) is -1.47. The van der Waals surface area contributed by atoms with Crippen molar-refractivity contribution in [3.8, 4) is 11.1 Å². The summed E-state index contributed by atoms with van der Waals surface area (Å²) in [6, 6.07) is 6.27. The van der Waals surface area contributed by atoms with Gasteiger partial charge in [-0.15, -0.1) is 11.3 Å². The minimum Gasteiger partial charge on any atom is -0.349 e. The van der Waals surface area contributed by atoms with Crippen molar-refractivity contribution in [3.05, 3.63) is 70.0 Å². The zero-order valence-electron chi connectivity index (χ0n) is 18.8. The van der Waals surface area contributed by atoms with Crippen molar-refractivity contribution in [2.75, 3.05) is 11.9 Å². The smallest absolute Gasteiger partial charge is 0.349 e. The molecule has 3 N–H and O–H groups in total. The summed E-state index contributed by atoms with van der Waals surface area (Å²) >= 11 is 1.13. The van der Waals surface area contributed by atoms with Crippen LogP contribution in [-0.2, 0) is 0 Å². The molecule has 2 aromatic carbocycles. The van der Waals surface area contributed by atoms with Gasteiger partial charge in [0.15, 0.2) is 5.13 Å². The molecular formula is C24H20F4N4O3S. The zero-order valence-corrected chi connectivity index (χ0v) is 19.6. The first-order valence-electron chi connectivity index (χ1n) is 10.8. The average molecular weight is 521 g/mol. The van der Waals surface area contributed by atoms with Crippen molar-refractivity contribution >= 4 is 34.2 Å². The first-order chi connectivity index (χ1) is 17.0. The van der Waals surface area contributed by atoms with Crippen molar-refractivity contribution in [1.82, 2.24) is 15.6 Å².